The number of anilines is 1. The summed E-state index contributed by atoms with van der Waals surface area (Å²) in [6.45, 7) is 6.95. The molecule has 5 nitrogen and oxygen atoms in total. The van der Waals surface area contributed by atoms with E-state index < -0.39 is 5.97 Å². The quantitative estimate of drug-likeness (QED) is 0.842. The Bertz CT molecular complexity index is 581. The molecule has 0 aromatic heterocycles. The van der Waals surface area contributed by atoms with Gasteiger partial charge in [0.1, 0.15) is 0 Å². The lowest BCUT2D eigenvalue weighted by molar-refractivity contribution is -0.121. The Labute approximate surface area is 131 Å². The third kappa shape index (κ3) is 3.47. The highest BCUT2D eigenvalue weighted by Gasteiger charge is 2.37. The van der Waals surface area contributed by atoms with Crippen molar-refractivity contribution in [3.05, 3.63) is 29.3 Å². The van der Waals surface area contributed by atoms with Crippen molar-refractivity contribution < 1.29 is 14.3 Å². The number of benzene rings is 1. The topological polar surface area (TPSA) is 67.4 Å². The third-order valence-corrected chi connectivity index (χ3v) is 4.31. The minimum absolute atomic E-state index is 0.0604. The molecule has 0 spiro atoms. The van der Waals surface area contributed by atoms with Gasteiger partial charge in [-0.15, -0.1) is 0 Å². The minimum Gasteiger partial charge on any atom is -0.465 e. The number of hydrogen-bond donors (Lipinski definition) is 2. The third-order valence-electron chi connectivity index (χ3n) is 4.31. The van der Waals surface area contributed by atoms with Gasteiger partial charge in [-0.2, -0.15) is 0 Å². The number of methoxy groups -OCH3 is 1. The predicted molar refractivity (Wildman–Crippen MR) is 86.0 cm³/mol. The molecular weight excluding hydrogens is 280 g/mol. The summed E-state index contributed by atoms with van der Waals surface area (Å²) < 4.78 is 4.72. The summed E-state index contributed by atoms with van der Waals surface area (Å²) >= 11 is 0. The first kappa shape index (κ1) is 16.5. The zero-order valence-electron chi connectivity index (χ0n) is 13.7. The number of rotatable bonds is 3. The van der Waals surface area contributed by atoms with Crippen LogP contribution in [0.3, 0.4) is 0 Å². The molecule has 2 rings (SSSR count). The molecule has 1 unspecified atom stereocenters. The molecule has 5 heteroatoms. The first-order valence-corrected chi connectivity index (χ1v) is 7.58. The smallest absolute Gasteiger partial charge is 0.337 e. The summed E-state index contributed by atoms with van der Waals surface area (Å²) in [6.07, 6.45) is 2.09. The van der Waals surface area contributed by atoms with Crippen LogP contribution in [0.15, 0.2) is 18.2 Å². The van der Waals surface area contributed by atoms with Gasteiger partial charge in [-0.05, 0) is 49.4 Å². The van der Waals surface area contributed by atoms with Gasteiger partial charge < -0.3 is 15.4 Å². The molecule has 2 N–H and O–H groups in total. The number of ether oxygens (including phenoxy) is 1. The molecule has 0 saturated carbocycles. The zero-order valence-corrected chi connectivity index (χ0v) is 13.7. The number of nitrogens with one attached hydrogen (secondary N) is 2. The van der Waals surface area contributed by atoms with Crippen LogP contribution in [-0.4, -0.2) is 31.6 Å². The molecule has 1 aromatic rings. The van der Waals surface area contributed by atoms with Gasteiger partial charge in [0.2, 0.25) is 5.91 Å². The Hall–Kier alpha value is -1.88. The van der Waals surface area contributed by atoms with E-state index in [2.05, 4.69) is 24.5 Å². The first-order chi connectivity index (χ1) is 10.3. The molecule has 1 aliphatic heterocycles. The Morgan fingerprint density at radius 3 is 2.73 bits per heavy atom. The van der Waals surface area contributed by atoms with E-state index in [1.165, 1.54) is 7.11 Å². The summed E-state index contributed by atoms with van der Waals surface area (Å²) in [5.41, 5.74) is 1.90. The van der Waals surface area contributed by atoms with Crippen molar-refractivity contribution in [3.8, 4) is 0 Å². The standard InChI is InChI=1S/C17H24N2O3/c1-11-6-7-12(16(21)22-4)10-13(11)19-15(20)14-17(2,3)8-5-9-18-14/h6-7,10,14,18H,5,8-9H2,1-4H3,(H,19,20). The highest BCUT2D eigenvalue weighted by Crippen LogP contribution is 2.31. The van der Waals surface area contributed by atoms with Crippen molar-refractivity contribution in [3.63, 3.8) is 0 Å². The van der Waals surface area contributed by atoms with Crippen LogP contribution in [0.1, 0.15) is 42.6 Å². The number of aryl methyl sites for hydroxylation is 1. The molecule has 1 aromatic carbocycles. The van der Waals surface area contributed by atoms with E-state index in [0.717, 1.165) is 24.9 Å². The Morgan fingerprint density at radius 2 is 2.09 bits per heavy atom. The SMILES string of the molecule is COC(=O)c1ccc(C)c(NC(=O)C2NCCCC2(C)C)c1. The Morgan fingerprint density at radius 1 is 1.36 bits per heavy atom. The Balaban J connectivity index is 2.19. The largest absolute Gasteiger partial charge is 0.465 e. The van der Waals surface area contributed by atoms with Crippen molar-refractivity contribution in [2.45, 2.75) is 39.7 Å². The molecule has 1 heterocycles. The van der Waals surface area contributed by atoms with Crippen molar-refractivity contribution >= 4 is 17.6 Å². The van der Waals surface area contributed by atoms with Crippen LogP contribution in [0.2, 0.25) is 0 Å². The molecule has 0 radical (unpaired) electrons. The van der Waals surface area contributed by atoms with Crippen LogP contribution in [-0.2, 0) is 9.53 Å². The fraction of sp³-hybridized carbons (Fsp3) is 0.529. The summed E-state index contributed by atoms with van der Waals surface area (Å²) in [6, 6.07) is 4.93. The van der Waals surface area contributed by atoms with Crippen LogP contribution in [0.25, 0.3) is 0 Å². The van der Waals surface area contributed by atoms with E-state index in [1.807, 2.05) is 6.92 Å². The maximum atomic E-state index is 12.6. The van der Waals surface area contributed by atoms with Crippen molar-refractivity contribution in [1.82, 2.24) is 5.32 Å². The van der Waals surface area contributed by atoms with Crippen LogP contribution in [0.4, 0.5) is 5.69 Å². The molecular formula is C17H24N2O3. The minimum atomic E-state index is -0.411. The lowest BCUT2D eigenvalue weighted by Gasteiger charge is -2.38. The second-order valence-corrected chi connectivity index (χ2v) is 6.49. The normalized spacial score (nSPS) is 20.3. The molecule has 0 bridgehead atoms. The van der Waals surface area contributed by atoms with E-state index in [1.54, 1.807) is 18.2 Å². The van der Waals surface area contributed by atoms with Gasteiger partial charge in [0.15, 0.2) is 0 Å². The second-order valence-electron chi connectivity index (χ2n) is 6.49. The highest BCUT2D eigenvalue weighted by molar-refractivity contribution is 5.98. The lowest BCUT2D eigenvalue weighted by Crippen LogP contribution is -2.53. The summed E-state index contributed by atoms with van der Waals surface area (Å²) in [7, 11) is 1.34. The highest BCUT2D eigenvalue weighted by atomic mass is 16.5. The molecule has 1 saturated heterocycles. The molecule has 22 heavy (non-hydrogen) atoms. The number of hydrogen-bond acceptors (Lipinski definition) is 4. The van der Waals surface area contributed by atoms with Crippen molar-refractivity contribution in [1.29, 1.82) is 0 Å². The molecule has 1 fully saturated rings. The second kappa shape index (κ2) is 6.48. The van der Waals surface area contributed by atoms with Gasteiger partial charge >= 0.3 is 5.97 Å². The van der Waals surface area contributed by atoms with Gasteiger partial charge in [0.05, 0.1) is 18.7 Å². The zero-order chi connectivity index (χ0) is 16.3. The fourth-order valence-corrected chi connectivity index (χ4v) is 2.87. The summed E-state index contributed by atoms with van der Waals surface area (Å²) in [5.74, 6) is -0.471. The maximum absolute atomic E-state index is 12.6. The first-order valence-electron chi connectivity index (χ1n) is 7.58. The van der Waals surface area contributed by atoms with Crippen LogP contribution in [0, 0.1) is 12.3 Å². The summed E-state index contributed by atoms with van der Waals surface area (Å²) in [5, 5.41) is 6.24. The van der Waals surface area contributed by atoms with E-state index in [0.29, 0.717) is 11.3 Å². The van der Waals surface area contributed by atoms with E-state index >= 15 is 0 Å². The molecule has 120 valence electrons. The number of amides is 1. The fourth-order valence-electron chi connectivity index (χ4n) is 2.87. The Kier molecular flexibility index (Phi) is 4.86. The van der Waals surface area contributed by atoms with Crippen LogP contribution in [0.5, 0.6) is 0 Å². The number of carbonyl (C=O) groups excluding carboxylic acids is 2. The average molecular weight is 304 g/mol. The van der Waals surface area contributed by atoms with Gasteiger partial charge in [-0.3, -0.25) is 4.79 Å². The molecule has 1 aliphatic rings. The number of piperidine rings is 1. The molecule has 1 amide bonds. The monoisotopic (exact) mass is 304 g/mol. The van der Waals surface area contributed by atoms with Gasteiger partial charge in [-0.1, -0.05) is 19.9 Å². The number of esters is 1. The molecule has 1 atom stereocenters. The number of carbonyl (C=O) groups is 2. The maximum Gasteiger partial charge on any atom is 0.337 e. The van der Waals surface area contributed by atoms with Crippen molar-refractivity contribution in [2.75, 3.05) is 19.0 Å². The predicted octanol–water partition coefficient (Wildman–Crippen LogP) is 2.50. The lowest BCUT2D eigenvalue weighted by atomic mass is 9.77. The van der Waals surface area contributed by atoms with Gasteiger partial charge in [0.25, 0.3) is 0 Å². The average Bonchev–Trinajstić information content (AvgIpc) is 2.48. The van der Waals surface area contributed by atoms with E-state index in [-0.39, 0.29) is 17.4 Å². The van der Waals surface area contributed by atoms with Gasteiger partial charge in [0, 0.05) is 5.69 Å². The van der Waals surface area contributed by atoms with Crippen molar-refractivity contribution in [2.24, 2.45) is 5.41 Å². The van der Waals surface area contributed by atoms with Crippen LogP contribution >= 0.6 is 0 Å². The van der Waals surface area contributed by atoms with Crippen LogP contribution < -0.4 is 10.6 Å². The summed E-state index contributed by atoms with van der Waals surface area (Å²) in [4.78, 5) is 24.2. The van der Waals surface area contributed by atoms with E-state index in [9.17, 15) is 9.59 Å². The van der Waals surface area contributed by atoms with Gasteiger partial charge in [-0.25, -0.2) is 4.79 Å². The van der Waals surface area contributed by atoms with E-state index in [4.69, 9.17) is 4.74 Å². The molecule has 0 aliphatic carbocycles.